The number of aromatic nitrogens is 2. The summed E-state index contributed by atoms with van der Waals surface area (Å²) in [6.07, 6.45) is 0.672. The summed E-state index contributed by atoms with van der Waals surface area (Å²) in [5, 5.41) is 7.66. The molecule has 1 heterocycles. The highest BCUT2D eigenvalue weighted by atomic mass is 16.5. The minimum absolute atomic E-state index is 0.0665. The molecule has 0 atom stereocenters. The first-order valence-corrected chi connectivity index (χ1v) is 9.07. The van der Waals surface area contributed by atoms with E-state index in [0.717, 1.165) is 0 Å². The fraction of sp³-hybridized carbons (Fsp3) is 0.130. The molecule has 0 bridgehead atoms. The smallest absolute Gasteiger partial charge is 0.240 e. The van der Waals surface area contributed by atoms with Crippen molar-refractivity contribution in [3.63, 3.8) is 0 Å². The molecule has 0 saturated heterocycles. The predicted octanol–water partition coefficient (Wildman–Crippen LogP) is 4.54. The van der Waals surface area contributed by atoms with Gasteiger partial charge in [0.2, 0.25) is 5.89 Å². The van der Waals surface area contributed by atoms with E-state index in [9.17, 15) is 0 Å². The lowest BCUT2D eigenvalue weighted by molar-refractivity contribution is 0.359. The fourth-order valence-electron chi connectivity index (χ4n) is 3.12. The summed E-state index contributed by atoms with van der Waals surface area (Å²) in [6.45, 7) is 0.510. The highest BCUT2D eigenvalue weighted by Gasteiger charge is 2.15. The minimum Gasteiger partial charge on any atom is -0.338 e. The third kappa shape index (κ3) is 4.49. The van der Waals surface area contributed by atoms with Crippen LogP contribution in [0.15, 0.2) is 95.5 Å². The zero-order valence-corrected chi connectivity index (χ0v) is 15.0. The molecule has 0 fully saturated rings. The summed E-state index contributed by atoms with van der Waals surface area (Å²) < 4.78 is 5.44. The van der Waals surface area contributed by atoms with Crippen molar-refractivity contribution < 1.29 is 4.52 Å². The van der Waals surface area contributed by atoms with Crippen LogP contribution in [0.2, 0.25) is 0 Å². The highest BCUT2D eigenvalue weighted by molar-refractivity contribution is 5.31. The van der Waals surface area contributed by atoms with Gasteiger partial charge in [-0.15, -0.1) is 0 Å². The topological polar surface area (TPSA) is 51.0 Å². The molecular formula is C23H21N3O. The minimum atomic E-state index is 0.0665. The number of rotatable bonds is 7. The molecule has 0 aliphatic heterocycles. The second-order valence-corrected chi connectivity index (χ2v) is 6.40. The van der Waals surface area contributed by atoms with Crippen molar-refractivity contribution in [3.8, 4) is 0 Å². The first-order chi connectivity index (χ1) is 13.4. The molecule has 0 spiro atoms. The van der Waals surface area contributed by atoms with Crippen molar-refractivity contribution in [3.05, 3.63) is 119 Å². The van der Waals surface area contributed by atoms with E-state index in [4.69, 9.17) is 4.52 Å². The van der Waals surface area contributed by atoms with Crippen molar-refractivity contribution in [1.82, 2.24) is 15.5 Å². The average molecular weight is 355 g/mol. The summed E-state index contributed by atoms with van der Waals surface area (Å²) in [4.78, 5) is 4.52. The lowest BCUT2D eigenvalue weighted by Gasteiger charge is -2.18. The van der Waals surface area contributed by atoms with Crippen LogP contribution < -0.4 is 5.32 Å². The molecule has 0 amide bonds. The van der Waals surface area contributed by atoms with Crippen LogP contribution >= 0.6 is 0 Å². The summed E-state index contributed by atoms with van der Waals surface area (Å²) in [6, 6.07) is 31.0. The van der Waals surface area contributed by atoms with Crippen LogP contribution in [-0.2, 0) is 13.0 Å². The van der Waals surface area contributed by atoms with Crippen molar-refractivity contribution in [2.45, 2.75) is 19.0 Å². The van der Waals surface area contributed by atoms with Crippen LogP contribution in [-0.4, -0.2) is 10.1 Å². The summed E-state index contributed by atoms with van der Waals surface area (Å²) in [5.74, 6) is 1.30. The van der Waals surface area contributed by atoms with Crippen molar-refractivity contribution >= 4 is 0 Å². The van der Waals surface area contributed by atoms with E-state index >= 15 is 0 Å². The van der Waals surface area contributed by atoms with E-state index in [1.165, 1.54) is 16.7 Å². The number of benzene rings is 3. The van der Waals surface area contributed by atoms with Crippen molar-refractivity contribution in [2.24, 2.45) is 0 Å². The Labute approximate surface area is 158 Å². The maximum atomic E-state index is 5.44. The molecule has 0 saturated carbocycles. The highest BCUT2D eigenvalue weighted by Crippen LogP contribution is 2.22. The number of nitrogens with one attached hydrogen (secondary N) is 1. The van der Waals surface area contributed by atoms with E-state index < -0.39 is 0 Å². The van der Waals surface area contributed by atoms with Gasteiger partial charge in [0, 0.05) is 6.42 Å². The zero-order valence-electron chi connectivity index (χ0n) is 15.0. The van der Waals surface area contributed by atoms with Gasteiger partial charge in [0.05, 0.1) is 12.6 Å². The Morgan fingerprint density at radius 3 is 1.89 bits per heavy atom. The molecule has 3 aromatic carbocycles. The van der Waals surface area contributed by atoms with Gasteiger partial charge < -0.3 is 4.52 Å². The molecule has 1 N–H and O–H groups in total. The quantitative estimate of drug-likeness (QED) is 0.529. The predicted molar refractivity (Wildman–Crippen MR) is 105 cm³/mol. The Hall–Kier alpha value is -3.24. The van der Waals surface area contributed by atoms with Gasteiger partial charge >= 0.3 is 0 Å². The van der Waals surface area contributed by atoms with Gasteiger partial charge in [-0.1, -0.05) is 96.2 Å². The molecule has 0 aliphatic carbocycles. The van der Waals surface area contributed by atoms with E-state index in [0.29, 0.717) is 24.7 Å². The molecule has 4 heteroatoms. The maximum absolute atomic E-state index is 5.44. The van der Waals surface area contributed by atoms with Gasteiger partial charge in [-0.05, 0) is 16.7 Å². The van der Waals surface area contributed by atoms with E-state index in [-0.39, 0.29) is 6.04 Å². The number of nitrogens with zero attached hydrogens (tertiary/aromatic N) is 2. The Balaban J connectivity index is 1.47. The molecule has 27 heavy (non-hydrogen) atoms. The summed E-state index contributed by atoms with van der Waals surface area (Å²) in [5.41, 5.74) is 3.57. The van der Waals surface area contributed by atoms with Crippen LogP contribution in [0.3, 0.4) is 0 Å². The van der Waals surface area contributed by atoms with Crippen molar-refractivity contribution in [2.75, 3.05) is 0 Å². The normalized spacial score (nSPS) is 11.0. The molecule has 4 aromatic rings. The van der Waals surface area contributed by atoms with Gasteiger partial charge in [0.1, 0.15) is 0 Å². The van der Waals surface area contributed by atoms with Crippen LogP contribution in [0.5, 0.6) is 0 Å². The van der Waals surface area contributed by atoms with Gasteiger partial charge in [-0.25, -0.2) is 0 Å². The summed E-state index contributed by atoms with van der Waals surface area (Å²) >= 11 is 0. The maximum Gasteiger partial charge on any atom is 0.240 e. The van der Waals surface area contributed by atoms with Crippen LogP contribution in [0.1, 0.15) is 34.4 Å². The van der Waals surface area contributed by atoms with Crippen molar-refractivity contribution in [1.29, 1.82) is 0 Å². The van der Waals surface area contributed by atoms with Gasteiger partial charge in [-0.3, -0.25) is 5.32 Å². The zero-order chi connectivity index (χ0) is 18.3. The Morgan fingerprint density at radius 1 is 0.741 bits per heavy atom. The summed E-state index contributed by atoms with van der Waals surface area (Å²) in [7, 11) is 0. The molecule has 4 rings (SSSR count). The Bertz CT molecular complexity index is 913. The van der Waals surface area contributed by atoms with Gasteiger partial charge in [0.25, 0.3) is 0 Å². The molecule has 1 aromatic heterocycles. The van der Waals surface area contributed by atoms with E-state index in [1.807, 2.05) is 30.3 Å². The molecule has 0 unspecified atom stereocenters. The van der Waals surface area contributed by atoms with Crippen LogP contribution in [0.4, 0.5) is 0 Å². The standard InChI is InChI=1S/C23H21N3O/c1-4-10-18(11-5-1)16-21-25-22(27-26-21)17-24-23(19-12-6-2-7-13-19)20-14-8-3-9-15-20/h1-15,23-24H,16-17H2. The van der Waals surface area contributed by atoms with Crippen LogP contribution in [0.25, 0.3) is 0 Å². The monoisotopic (exact) mass is 355 g/mol. The van der Waals surface area contributed by atoms with Crippen LogP contribution in [0, 0.1) is 0 Å². The Kier molecular flexibility index (Phi) is 5.36. The molecule has 134 valence electrons. The van der Waals surface area contributed by atoms with E-state index in [1.54, 1.807) is 0 Å². The fourth-order valence-corrected chi connectivity index (χ4v) is 3.12. The first kappa shape index (κ1) is 17.2. The lowest BCUT2D eigenvalue weighted by atomic mass is 9.99. The first-order valence-electron chi connectivity index (χ1n) is 9.07. The molecule has 4 nitrogen and oxygen atoms in total. The molecule has 0 aliphatic rings. The number of hydrogen-bond donors (Lipinski definition) is 1. The lowest BCUT2D eigenvalue weighted by Crippen LogP contribution is -2.22. The second kappa shape index (κ2) is 8.43. The second-order valence-electron chi connectivity index (χ2n) is 6.40. The van der Waals surface area contributed by atoms with Gasteiger partial charge in [0.15, 0.2) is 5.82 Å². The Morgan fingerprint density at radius 2 is 1.30 bits per heavy atom. The molecular weight excluding hydrogens is 334 g/mol. The average Bonchev–Trinajstić information content (AvgIpc) is 3.18. The van der Waals surface area contributed by atoms with Gasteiger partial charge in [-0.2, -0.15) is 4.98 Å². The largest absolute Gasteiger partial charge is 0.338 e. The third-order valence-electron chi connectivity index (χ3n) is 4.44. The molecule has 0 radical (unpaired) electrons. The SMILES string of the molecule is c1ccc(Cc2noc(CNC(c3ccccc3)c3ccccc3)n2)cc1. The number of hydrogen-bond acceptors (Lipinski definition) is 4. The third-order valence-corrected chi connectivity index (χ3v) is 4.44. The van der Waals surface area contributed by atoms with E-state index in [2.05, 4.69) is 76.1 Å².